The van der Waals surface area contributed by atoms with E-state index in [1.54, 1.807) is 22.4 Å². The van der Waals surface area contributed by atoms with Gasteiger partial charge in [0.15, 0.2) is 0 Å². The van der Waals surface area contributed by atoms with Crippen LogP contribution in [0, 0.1) is 11.8 Å². The van der Waals surface area contributed by atoms with E-state index in [1.165, 1.54) is 100 Å². The van der Waals surface area contributed by atoms with Gasteiger partial charge in [0.05, 0.1) is 24.5 Å². The van der Waals surface area contributed by atoms with Crippen molar-refractivity contribution in [1.82, 2.24) is 20.5 Å². The van der Waals surface area contributed by atoms with E-state index in [-0.39, 0.29) is 18.5 Å². The standard InChI is InChI=1S/C62H67N5S/c1-66-61(43-27-13-5-14-28-43)64-60(42-25-11-4-12-26-42)65-62(66)50-39-51(55-45(40-21-7-2-8-22-40)32-19-33-46(55)41-23-9-3-10-24-41)63-58(50)49-34-20-36-53-56(49)57-54(68-53)38-37-48-47-31-17-18-35-52(47)67(59(48)57)44-29-15-6-16-30-44/h2,5-9,11,13,15-16,21-27,29-31,33-34,39,52-54,56-57,60-65H,3-4,10,12,14,17-20,28,32,35-38H2,1H3/t52-,53?,54?,56?,57?,60?,61?,62?/m0/s1. The fraction of sp³-hybridized carbons (Fsp3) is 0.387. The zero-order chi connectivity index (χ0) is 45.1. The molecule has 3 aromatic rings. The number of allylic oxidation sites excluding steroid dienone is 17. The van der Waals surface area contributed by atoms with Gasteiger partial charge in [-0.3, -0.25) is 15.5 Å². The molecule has 6 heteroatoms. The van der Waals surface area contributed by atoms with Crippen molar-refractivity contribution in [2.24, 2.45) is 11.8 Å². The Morgan fingerprint density at radius 2 is 1.46 bits per heavy atom. The zero-order valence-corrected chi connectivity index (χ0v) is 40.6. The molecule has 0 radical (unpaired) electrons. The Morgan fingerprint density at radius 1 is 0.647 bits per heavy atom. The van der Waals surface area contributed by atoms with Crippen molar-refractivity contribution in [3.05, 3.63) is 201 Å². The quantitative estimate of drug-likeness (QED) is 0.210. The largest absolute Gasteiger partial charge is 0.354 e. The first kappa shape index (κ1) is 43.0. The smallest absolute Gasteiger partial charge is 0.0908 e. The Labute approximate surface area is 409 Å². The third-order valence-corrected chi connectivity index (χ3v) is 18.8. The molecule has 5 nitrogen and oxygen atoms in total. The number of rotatable bonds is 8. The van der Waals surface area contributed by atoms with E-state index < -0.39 is 0 Å². The van der Waals surface area contributed by atoms with Crippen LogP contribution in [0.3, 0.4) is 0 Å². The van der Waals surface area contributed by atoms with Gasteiger partial charge in [0.2, 0.25) is 0 Å². The van der Waals surface area contributed by atoms with Crippen molar-refractivity contribution in [3.63, 3.8) is 0 Å². The molecule has 4 heterocycles. The molecule has 346 valence electrons. The van der Waals surface area contributed by atoms with Gasteiger partial charge in [-0.25, -0.2) is 0 Å². The summed E-state index contributed by atoms with van der Waals surface area (Å²) >= 11 is 2.35. The number of anilines is 1. The van der Waals surface area contributed by atoms with Crippen molar-refractivity contribution < 1.29 is 0 Å². The molecule has 7 aliphatic carbocycles. The van der Waals surface area contributed by atoms with Gasteiger partial charge >= 0.3 is 0 Å². The summed E-state index contributed by atoms with van der Waals surface area (Å²) in [5.74, 6) is 0.882. The highest BCUT2D eigenvalue weighted by atomic mass is 32.2. The van der Waals surface area contributed by atoms with Gasteiger partial charge in [-0.1, -0.05) is 121 Å². The molecule has 3 aliphatic heterocycles. The fourth-order valence-corrected chi connectivity index (χ4v) is 16.0. The fourth-order valence-electron chi connectivity index (χ4n) is 14.1. The van der Waals surface area contributed by atoms with Crippen molar-refractivity contribution >= 4 is 34.2 Å². The predicted molar refractivity (Wildman–Crippen MR) is 285 cm³/mol. The molecule has 7 unspecified atom stereocenters. The van der Waals surface area contributed by atoms with Crippen molar-refractivity contribution in [3.8, 4) is 0 Å². The lowest BCUT2D eigenvalue weighted by Crippen LogP contribution is -2.64. The number of likely N-dealkylation sites (N-methyl/N-ethyl adjacent to an activating group) is 1. The van der Waals surface area contributed by atoms with E-state index in [0.29, 0.717) is 28.4 Å². The molecule has 8 atom stereocenters. The van der Waals surface area contributed by atoms with Crippen LogP contribution in [0.4, 0.5) is 5.69 Å². The highest BCUT2D eigenvalue weighted by Crippen LogP contribution is 2.63. The first-order valence-electron chi connectivity index (χ1n) is 26.4. The van der Waals surface area contributed by atoms with Crippen molar-refractivity contribution in [2.45, 2.75) is 131 Å². The van der Waals surface area contributed by atoms with E-state index in [2.05, 4.69) is 184 Å². The second-order valence-electron chi connectivity index (χ2n) is 20.9. The Morgan fingerprint density at radius 3 is 2.26 bits per heavy atom. The first-order chi connectivity index (χ1) is 33.7. The van der Waals surface area contributed by atoms with E-state index in [4.69, 9.17) is 0 Å². The average Bonchev–Trinajstić information content (AvgIpc) is 4.12. The predicted octanol–water partition coefficient (Wildman–Crippen LogP) is 14.2. The molecule has 0 amide bonds. The maximum atomic E-state index is 4.45. The number of aromatic nitrogens is 1. The van der Waals surface area contributed by atoms with Gasteiger partial charge in [-0.05, 0) is 172 Å². The Hall–Kier alpha value is -5.11. The zero-order valence-electron chi connectivity index (χ0n) is 39.8. The monoisotopic (exact) mass is 914 g/mol. The number of fused-ring (bicyclic) bond motifs is 6. The Bertz CT molecular complexity index is 2820. The minimum Gasteiger partial charge on any atom is -0.354 e. The molecule has 10 aliphatic rings. The molecule has 13 rings (SSSR count). The van der Waals surface area contributed by atoms with Crippen LogP contribution < -0.4 is 15.5 Å². The van der Waals surface area contributed by atoms with Gasteiger partial charge < -0.3 is 9.88 Å². The average molecular weight is 914 g/mol. The van der Waals surface area contributed by atoms with E-state index in [9.17, 15) is 0 Å². The molecule has 0 spiro atoms. The number of benzene rings is 2. The molecule has 3 N–H and O–H groups in total. The van der Waals surface area contributed by atoms with Gasteiger partial charge in [0.1, 0.15) is 0 Å². The second-order valence-corrected chi connectivity index (χ2v) is 22.4. The third-order valence-electron chi connectivity index (χ3n) is 17.0. The number of para-hydroxylation sites is 1. The number of thioether (sulfide) groups is 1. The van der Waals surface area contributed by atoms with Gasteiger partial charge in [-0.15, -0.1) is 0 Å². The lowest BCUT2D eigenvalue weighted by Gasteiger charge is -2.47. The number of H-pyrrole nitrogens is 1. The molecule has 0 bridgehead atoms. The Kier molecular flexibility index (Phi) is 11.6. The van der Waals surface area contributed by atoms with Crippen molar-refractivity contribution in [2.75, 3.05) is 11.9 Å². The maximum Gasteiger partial charge on any atom is 0.0908 e. The summed E-state index contributed by atoms with van der Waals surface area (Å²) in [7, 11) is 2.37. The summed E-state index contributed by atoms with van der Waals surface area (Å²) in [6.07, 6.45) is 46.7. The molecule has 2 aromatic carbocycles. The first-order valence-corrected chi connectivity index (χ1v) is 27.3. The molecule has 2 fully saturated rings. The number of hydrogen-bond donors (Lipinski definition) is 3. The number of aromatic amines is 1. The summed E-state index contributed by atoms with van der Waals surface area (Å²) in [5, 5.41) is 9.66. The highest BCUT2D eigenvalue weighted by Gasteiger charge is 2.55. The van der Waals surface area contributed by atoms with E-state index in [1.807, 2.05) is 0 Å². The van der Waals surface area contributed by atoms with Crippen LogP contribution in [-0.2, 0) is 0 Å². The topological polar surface area (TPSA) is 46.3 Å². The van der Waals surface area contributed by atoms with Crippen LogP contribution in [0.5, 0.6) is 0 Å². The molecular formula is C62H67N5S. The Balaban J connectivity index is 1.01. The van der Waals surface area contributed by atoms with Crippen LogP contribution in [0.2, 0.25) is 0 Å². The minimum atomic E-state index is -0.0348. The van der Waals surface area contributed by atoms with Gasteiger partial charge in [0.25, 0.3) is 0 Å². The molecule has 0 saturated carbocycles. The van der Waals surface area contributed by atoms with E-state index in [0.717, 1.165) is 57.8 Å². The lowest BCUT2D eigenvalue weighted by atomic mass is 9.70. The summed E-state index contributed by atoms with van der Waals surface area (Å²) < 4.78 is 0. The summed E-state index contributed by atoms with van der Waals surface area (Å²) in [6, 6.07) is 25.9. The van der Waals surface area contributed by atoms with Gasteiger partial charge in [0, 0.05) is 56.2 Å². The highest BCUT2D eigenvalue weighted by molar-refractivity contribution is 8.00. The maximum absolute atomic E-state index is 4.45. The number of nitrogens with one attached hydrogen (secondary N) is 3. The van der Waals surface area contributed by atoms with Crippen LogP contribution in [-0.4, -0.2) is 45.8 Å². The van der Waals surface area contributed by atoms with Crippen LogP contribution in [0.1, 0.15) is 125 Å². The normalized spacial score (nSPS) is 31.3. The molecule has 1 aromatic heterocycles. The number of hydrogen-bond acceptors (Lipinski definition) is 5. The number of nitrogens with zero attached hydrogens (tertiary/aromatic N) is 2. The van der Waals surface area contributed by atoms with Crippen LogP contribution in [0.25, 0.3) is 16.7 Å². The lowest BCUT2D eigenvalue weighted by molar-refractivity contribution is 0.0711. The molecular weight excluding hydrogens is 847 g/mol. The minimum absolute atomic E-state index is 0.0256. The summed E-state index contributed by atoms with van der Waals surface area (Å²) in [6.45, 7) is 0. The summed E-state index contributed by atoms with van der Waals surface area (Å²) in [4.78, 5) is 9.94. The summed E-state index contributed by atoms with van der Waals surface area (Å²) in [5.41, 5.74) is 21.7. The van der Waals surface area contributed by atoms with Gasteiger partial charge in [-0.2, -0.15) is 11.8 Å². The van der Waals surface area contributed by atoms with Crippen molar-refractivity contribution in [1.29, 1.82) is 0 Å². The van der Waals surface area contributed by atoms with Crippen LogP contribution in [0.15, 0.2) is 179 Å². The third kappa shape index (κ3) is 7.48. The molecule has 2 saturated heterocycles. The molecule has 68 heavy (non-hydrogen) atoms. The second kappa shape index (κ2) is 18.3. The SMILES string of the molecule is CN1C(C2=CC=CCC2)NC(C2=CCCC=C2)NC1c1cc(C2=C(c3ccccc3)CCC=C2C2=CCCC=C2)[nH]c1C1=CCCC2SC3CCC4=C(C3C12)N(c1ccccc1)[C@H]1CCCC=C41. The van der Waals surface area contributed by atoms with Crippen LogP contribution >= 0.6 is 11.8 Å². The van der Waals surface area contributed by atoms with E-state index >= 15 is 0 Å².